The van der Waals surface area contributed by atoms with Gasteiger partial charge in [0.1, 0.15) is 12.4 Å². The summed E-state index contributed by atoms with van der Waals surface area (Å²) in [5, 5.41) is 3.89. The quantitative estimate of drug-likeness (QED) is 0.763. The van der Waals surface area contributed by atoms with Gasteiger partial charge in [-0.3, -0.25) is 0 Å². The summed E-state index contributed by atoms with van der Waals surface area (Å²) in [4.78, 5) is 4.25. The van der Waals surface area contributed by atoms with Crippen molar-refractivity contribution in [2.75, 3.05) is 6.61 Å². The van der Waals surface area contributed by atoms with Crippen LogP contribution in [0.25, 0.3) is 11.5 Å². The van der Waals surface area contributed by atoms with E-state index < -0.39 is 17.3 Å². The largest absolute Gasteiger partial charge is 0.489 e. The highest BCUT2D eigenvalue weighted by Gasteiger charge is 2.37. The lowest BCUT2D eigenvalue weighted by molar-refractivity contribution is -0.137. The monoisotopic (exact) mass is 389 g/mol. The van der Waals surface area contributed by atoms with Gasteiger partial charge in [-0.1, -0.05) is 30.7 Å². The molecular formula is C17H19ClF3N3O2. The molecule has 0 saturated heterocycles. The van der Waals surface area contributed by atoms with Crippen molar-refractivity contribution in [2.24, 2.45) is 5.73 Å². The maximum absolute atomic E-state index is 13.0. The van der Waals surface area contributed by atoms with Gasteiger partial charge in [0.25, 0.3) is 5.89 Å². The van der Waals surface area contributed by atoms with Gasteiger partial charge in [-0.2, -0.15) is 18.2 Å². The number of hydrogen-bond donors (Lipinski definition) is 1. The maximum Gasteiger partial charge on any atom is 0.416 e. The summed E-state index contributed by atoms with van der Waals surface area (Å²) in [6, 6.07) is 3.12. The van der Waals surface area contributed by atoms with Crippen LogP contribution in [0.5, 0.6) is 5.75 Å². The molecule has 1 aromatic carbocycles. The molecule has 0 aliphatic heterocycles. The highest BCUT2D eigenvalue weighted by molar-refractivity contribution is 5.85. The Hall–Kier alpha value is -2.06. The summed E-state index contributed by atoms with van der Waals surface area (Å²) in [7, 11) is 0. The normalized spacial score (nSPS) is 16.2. The Morgan fingerprint density at radius 1 is 1.31 bits per heavy atom. The van der Waals surface area contributed by atoms with E-state index in [0.29, 0.717) is 18.7 Å². The van der Waals surface area contributed by atoms with Crippen molar-refractivity contribution in [3.63, 3.8) is 0 Å². The van der Waals surface area contributed by atoms with Crippen molar-refractivity contribution >= 4 is 12.4 Å². The average molecular weight is 390 g/mol. The van der Waals surface area contributed by atoms with Crippen LogP contribution in [0.15, 0.2) is 35.4 Å². The van der Waals surface area contributed by atoms with Crippen LogP contribution >= 0.6 is 12.4 Å². The zero-order valence-corrected chi connectivity index (χ0v) is 14.7. The molecule has 0 radical (unpaired) electrons. The van der Waals surface area contributed by atoms with Crippen LogP contribution < -0.4 is 10.5 Å². The molecule has 1 aliphatic carbocycles. The Morgan fingerprint density at radius 3 is 2.62 bits per heavy atom. The Morgan fingerprint density at radius 2 is 2.00 bits per heavy atom. The number of nitrogens with two attached hydrogens (primary N) is 1. The third-order valence-electron chi connectivity index (χ3n) is 4.26. The molecule has 0 unspecified atom stereocenters. The fourth-order valence-corrected chi connectivity index (χ4v) is 2.91. The number of nitrogens with zero attached hydrogens (tertiary/aromatic N) is 2. The molecule has 9 heteroatoms. The molecule has 2 aromatic rings. The SMILES string of the molecule is C=CCOc1ccc(C(F)(F)F)cc1-c1nc(C2(N)CCCC2)no1.Cl. The standard InChI is InChI=1S/C17H18F3N3O2.ClH/c1-2-9-24-13-6-5-11(17(18,19)20)10-12(13)14-22-15(23-25-14)16(21)7-3-4-8-16;/h2,5-6,10H,1,3-4,7-9,21H2;1H. The Kier molecular flexibility index (Phi) is 5.98. The van der Waals surface area contributed by atoms with Gasteiger partial charge < -0.3 is 15.0 Å². The summed E-state index contributed by atoms with van der Waals surface area (Å²) in [6.07, 6.45) is 0.348. The van der Waals surface area contributed by atoms with Crippen LogP contribution in [0.1, 0.15) is 37.1 Å². The van der Waals surface area contributed by atoms with Gasteiger partial charge in [0, 0.05) is 0 Å². The molecule has 5 nitrogen and oxygen atoms in total. The minimum Gasteiger partial charge on any atom is -0.489 e. The van der Waals surface area contributed by atoms with Gasteiger partial charge in [-0.25, -0.2) is 0 Å². The van der Waals surface area contributed by atoms with E-state index in [4.69, 9.17) is 15.0 Å². The Bertz CT molecular complexity index is 771. The molecule has 1 fully saturated rings. The highest BCUT2D eigenvalue weighted by atomic mass is 35.5. The first-order valence-corrected chi connectivity index (χ1v) is 7.92. The van der Waals surface area contributed by atoms with Crippen LogP contribution in [0.2, 0.25) is 0 Å². The summed E-state index contributed by atoms with van der Waals surface area (Å²) in [5.74, 6) is 0.476. The van der Waals surface area contributed by atoms with Crippen LogP contribution in [0.3, 0.4) is 0 Å². The van der Waals surface area contributed by atoms with Gasteiger partial charge in [0.15, 0.2) is 5.82 Å². The van der Waals surface area contributed by atoms with Crippen molar-refractivity contribution in [1.29, 1.82) is 0 Å². The molecule has 142 valence electrons. The van der Waals surface area contributed by atoms with E-state index in [1.807, 2.05) is 0 Å². The van der Waals surface area contributed by atoms with E-state index in [-0.39, 0.29) is 36.2 Å². The third kappa shape index (κ3) is 4.02. The predicted octanol–water partition coefficient (Wildman–Crippen LogP) is 4.47. The maximum atomic E-state index is 13.0. The Balaban J connectivity index is 0.00000243. The van der Waals surface area contributed by atoms with Gasteiger partial charge in [0.2, 0.25) is 0 Å². The van der Waals surface area contributed by atoms with E-state index in [1.54, 1.807) is 0 Å². The number of hydrogen-bond acceptors (Lipinski definition) is 5. The molecule has 0 atom stereocenters. The van der Waals surface area contributed by atoms with Gasteiger partial charge in [-0.05, 0) is 31.0 Å². The number of halogens is 4. The fourth-order valence-electron chi connectivity index (χ4n) is 2.91. The first-order chi connectivity index (χ1) is 11.8. The lowest BCUT2D eigenvalue weighted by atomic mass is 9.98. The lowest BCUT2D eigenvalue weighted by Crippen LogP contribution is -2.34. The predicted molar refractivity (Wildman–Crippen MR) is 92.0 cm³/mol. The molecular weight excluding hydrogens is 371 g/mol. The molecule has 0 amide bonds. The first kappa shape index (κ1) is 20.3. The average Bonchev–Trinajstić information content (AvgIpc) is 3.22. The van der Waals surface area contributed by atoms with Crippen LogP contribution in [0.4, 0.5) is 13.2 Å². The van der Waals surface area contributed by atoms with Crippen LogP contribution in [0, 0.1) is 0 Å². The lowest BCUT2D eigenvalue weighted by Gasteiger charge is -2.17. The molecule has 1 heterocycles. The van der Waals surface area contributed by atoms with E-state index in [9.17, 15) is 13.2 Å². The zero-order valence-electron chi connectivity index (χ0n) is 13.9. The van der Waals surface area contributed by atoms with Gasteiger partial charge in [-0.15, -0.1) is 12.4 Å². The van der Waals surface area contributed by atoms with Crippen molar-refractivity contribution in [3.05, 3.63) is 42.2 Å². The van der Waals surface area contributed by atoms with Gasteiger partial charge >= 0.3 is 6.18 Å². The number of benzene rings is 1. The summed E-state index contributed by atoms with van der Waals surface area (Å²) < 4.78 is 49.7. The van der Waals surface area contributed by atoms with E-state index in [0.717, 1.165) is 25.0 Å². The molecule has 2 N–H and O–H groups in total. The topological polar surface area (TPSA) is 74.2 Å². The highest BCUT2D eigenvalue weighted by Crippen LogP contribution is 2.39. The Labute approximate surface area is 154 Å². The van der Waals surface area contributed by atoms with E-state index in [2.05, 4.69) is 16.7 Å². The van der Waals surface area contributed by atoms with Crippen LogP contribution in [-0.2, 0) is 11.7 Å². The molecule has 26 heavy (non-hydrogen) atoms. The molecule has 1 aromatic heterocycles. The van der Waals surface area contributed by atoms with Crippen molar-refractivity contribution in [3.8, 4) is 17.2 Å². The molecule has 0 bridgehead atoms. The number of ether oxygens (including phenoxy) is 1. The number of rotatable bonds is 5. The zero-order chi connectivity index (χ0) is 18.1. The van der Waals surface area contributed by atoms with Gasteiger partial charge in [0.05, 0.1) is 16.7 Å². The second kappa shape index (κ2) is 7.67. The van der Waals surface area contributed by atoms with Crippen molar-refractivity contribution in [2.45, 2.75) is 37.4 Å². The molecule has 3 rings (SSSR count). The van der Waals surface area contributed by atoms with E-state index >= 15 is 0 Å². The van der Waals surface area contributed by atoms with Crippen molar-refractivity contribution < 1.29 is 22.4 Å². The first-order valence-electron chi connectivity index (χ1n) is 7.92. The summed E-state index contributed by atoms with van der Waals surface area (Å²) in [5.41, 5.74) is 4.85. The summed E-state index contributed by atoms with van der Waals surface area (Å²) in [6.45, 7) is 3.67. The minimum absolute atomic E-state index is 0. The second-order valence-corrected chi connectivity index (χ2v) is 6.09. The fraction of sp³-hybridized carbons (Fsp3) is 0.412. The van der Waals surface area contributed by atoms with E-state index in [1.165, 1.54) is 12.1 Å². The van der Waals surface area contributed by atoms with Crippen LogP contribution in [-0.4, -0.2) is 16.7 Å². The minimum atomic E-state index is -4.49. The summed E-state index contributed by atoms with van der Waals surface area (Å²) >= 11 is 0. The number of aromatic nitrogens is 2. The molecule has 0 spiro atoms. The smallest absolute Gasteiger partial charge is 0.416 e. The molecule has 1 saturated carbocycles. The second-order valence-electron chi connectivity index (χ2n) is 6.09. The van der Waals surface area contributed by atoms with Crippen molar-refractivity contribution in [1.82, 2.24) is 10.1 Å². The molecule has 1 aliphatic rings. The third-order valence-corrected chi connectivity index (χ3v) is 4.26. The number of alkyl halides is 3.